The zero-order valence-corrected chi connectivity index (χ0v) is 13.0. The van der Waals surface area contributed by atoms with Crippen LogP contribution in [0.1, 0.15) is 33.1 Å². The Balaban J connectivity index is 2.95. The molecular weight excluding hydrogens is 316 g/mol. The minimum Gasteiger partial charge on any atom is -0.398 e. The van der Waals surface area contributed by atoms with Crippen LogP contribution in [0.25, 0.3) is 0 Å². The smallest absolute Gasteiger partial charge is 0.240 e. The van der Waals surface area contributed by atoms with Crippen molar-refractivity contribution in [1.82, 2.24) is 4.72 Å². The summed E-state index contributed by atoms with van der Waals surface area (Å²) in [5, 5.41) is 0. The Morgan fingerprint density at radius 3 is 2.56 bits per heavy atom. The zero-order chi connectivity index (χ0) is 13.8. The molecular formula is C12H19BrN2O2S. The fraction of sp³-hybridized carbons (Fsp3) is 0.500. The maximum absolute atomic E-state index is 12.2. The summed E-state index contributed by atoms with van der Waals surface area (Å²) in [6.45, 7) is 4.01. The molecule has 4 nitrogen and oxygen atoms in total. The zero-order valence-electron chi connectivity index (χ0n) is 10.6. The lowest BCUT2D eigenvalue weighted by Gasteiger charge is -2.16. The molecule has 0 saturated heterocycles. The van der Waals surface area contributed by atoms with Crippen molar-refractivity contribution in [3.05, 3.63) is 22.7 Å². The molecule has 6 heteroatoms. The highest BCUT2D eigenvalue weighted by atomic mass is 79.9. The molecule has 0 aliphatic carbocycles. The van der Waals surface area contributed by atoms with E-state index in [0.717, 1.165) is 19.3 Å². The van der Waals surface area contributed by atoms with Gasteiger partial charge in [0.2, 0.25) is 10.0 Å². The third-order valence-corrected chi connectivity index (χ3v) is 4.94. The number of benzene rings is 1. The number of halogens is 1. The molecule has 102 valence electrons. The van der Waals surface area contributed by atoms with Crippen molar-refractivity contribution in [3.8, 4) is 0 Å². The van der Waals surface area contributed by atoms with Gasteiger partial charge >= 0.3 is 0 Å². The van der Waals surface area contributed by atoms with E-state index in [0.29, 0.717) is 10.2 Å². The van der Waals surface area contributed by atoms with Crippen LogP contribution in [0, 0.1) is 0 Å². The number of hydrogen-bond acceptors (Lipinski definition) is 3. The van der Waals surface area contributed by atoms with Gasteiger partial charge in [0.15, 0.2) is 0 Å². The van der Waals surface area contributed by atoms with E-state index in [2.05, 4.69) is 20.7 Å². The van der Waals surface area contributed by atoms with Crippen molar-refractivity contribution < 1.29 is 8.42 Å². The number of hydrogen-bond donors (Lipinski definition) is 2. The first-order valence-electron chi connectivity index (χ1n) is 5.98. The topological polar surface area (TPSA) is 72.2 Å². The summed E-state index contributed by atoms with van der Waals surface area (Å²) in [4.78, 5) is 0.234. The van der Waals surface area contributed by atoms with Crippen molar-refractivity contribution in [2.24, 2.45) is 0 Å². The first-order valence-corrected chi connectivity index (χ1v) is 8.25. The van der Waals surface area contributed by atoms with Crippen LogP contribution >= 0.6 is 15.9 Å². The van der Waals surface area contributed by atoms with Crippen LogP contribution in [0.2, 0.25) is 0 Å². The van der Waals surface area contributed by atoms with Crippen molar-refractivity contribution in [2.45, 2.75) is 44.0 Å². The Bertz CT molecular complexity index is 503. The van der Waals surface area contributed by atoms with E-state index in [4.69, 9.17) is 5.73 Å². The maximum atomic E-state index is 12.2. The lowest BCUT2D eigenvalue weighted by molar-refractivity contribution is 0.512. The van der Waals surface area contributed by atoms with Gasteiger partial charge in [-0.3, -0.25) is 0 Å². The molecule has 0 heterocycles. The van der Waals surface area contributed by atoms with Crippen molar-refractivity contribution in [3.63, 3.8) is 0 Å². The second-order valence-electron chi connectivity index (χ2n) is 4.20. The van der Waals surface area contributed by atoms with E-state index in [-0.39, 0.29) is 10.9 Å². The lowest BCUT2D eigenvalue weighted by atomic mass is 10.1. The van der Waals surface area contributed by atoms with Gasteiger partial charge in [0.1, 0.15) is 0 Å². The molecule has 0 spiro atoms. The van der Waals surface area contributed by atoms with Gasteiger partial charge in [-0.1, -0.05) is 20.3 Å². The molecule has 1 rings (SSSR count). The minimum atomic E-state index is -3.47. The van der Waals surface area contributed by atoms with Crippen LogP contribution in [0.5, 0.6) is 0 Å². The molecule has 1 atom stereocenters. The van der Waals surface area contributed by atoms with Gasteiger partial charge in [-0.25, -0.2) is 13.1 Å². The first-order chi connectivity index (χ1) is 8.40. The Morgan fingerprint density at radius 1 is 1.39 bits per heavy atom. The predicted molar refractivity (Wildman–Crippen MR) is 77.9 cm³/mol. The van der Waals surface area contributed by atoms with Gasteiger partial charge in [0.25, 0.3) is 0 Å². The first kappa shape index (κ1) is 15.5. The molecule has 1 unspecified atom stereocenters. The summed E-state index contributed by atoms with van der Waals surface area (Å²) in [7, 11) is -3.47. The van der Waals surface area contributed by atoms with Gasteiger partial charge < -0.3 is 5.73 Å². The Hall–Kier alpha value is -0.590. The standard InChI is InChI=1S/C12H19BrN2O2S/c1-3-5-9(4-2)15-18(16,17)10-6-7-12(14)11(13)8-10/h6-9,15H,3-5,14H2,1-2H3. The lowest BCUT2D eigenvalue weighted by Crippen LogP contribution is -2.34. The number of nitrogens with one attached hydrogen (secondary N) is 1. The van der Waals surface area contributed by atoms with Crippen LogP contribution < -0.4 is 10.5 Å². The molecule has 0 bridgehead atoms. The van der Waals surface area contributed by atoms with Crippen molar-refractivity contribution in [2.75, 3.05) is 5.73 Å². The Labute approximate surface area is 117 Å². The van der Waals surface area contributed by atoms with E-state index in [1.165, 1.54) is 12.1 Å². The third kappa shape index (κ3) is 3.96. The molecule has 1 aromatic carbocycles. The van der Waals surface area contributed by atoms with Crippen LogP contribution in [-0.4, -0.2) is 14.5 Å². The molecule has 0 aliphatic heterocycles. The van der Waals surface area contributed by atoms with Crippen molar-refractivity contribution in [1.29, 1.82) is 0 Å². The molecule has 0 aromatic heterocycles. The largest absolute Gasteiger partial charge is 0.398 e. The number of anilines is 1. The van der Waals surface area contributed by atoms with E-state index < -0.39 is 10.0 Å². The molecule has 0 radical (unpaired) electrons. The van der Waals surface area contributed by atoms with Gasteiger partial charge in [-0.15, -0.1) is 0 Å². The highest BCUT2D eigenvalue weighted by Crippen LogP contribution is 2.23. The minimum absolute atomic E-state index is 0.0173. The van der Waals surface area contributed by atoms with E-state index in [1.807, 2.05) is 13.8 Å². The SMILES string of the molecule is CCCC(CC)NS(=O)(=O)c1ccc(N)c(Br)c1. The van der Waals surface area contributed by atoms with Crippen LogP contribution in [-0.2, 0) is 10.0 Å². The summed E-state index contributed by atoms with van der Waals surface area (Å²) in [5.74, 6) is 0. The monoisotopic (exact) mass is 334 g/mol. The van der Waals surface area contributed by atoms with Crippen LogP contribution in [0.15, 0.2) is 27.6 Å². The Kier molecular flexibility index (Phi) is 5.62. The quantitative estimate of drug-likeness (QED) is 0.785. The van der Waals surface area contributed by atoms with Gasteiger partial charge in [0.05, 0.1) is 4.90 Å². The van der Waals surface area contributed by atoms with Gasteiger partial charge in [-0.05, 0) is 47.0 Å². The molecule has 18 heavy (non-hydrogen) atoms. The molecule has 0 aliphatic rings. The van der Waals surface area contributed by atoms with Crippen LogP contribution in [0.3, 0.4) is 0 Å². The second kappa shape index (κ2) is 6.54. The number of sulfonamides is 1. The van der Waals surface area contributed by atoms with Crippen molar-refractivity contribution >= 4 is 31.6 Å². The second-order valence-corrected chi connectivity index (χ2v) is 6.77. The predicted octanol–water partition coefficient (Wildman–Crippen LogP) is 2.89. The molecule has 0 saturated carbocycles. The van der Waals surface area contributed by atoms with Crippen LogP contribution in [0.4, 0.5) is 5.69 Å². The summed E-state index contributed by atoms with van der Waals surface area (Å²) in [6, 6.07) is 4.60. The summed E-state index contributed by atoms with van der Waals surface area (Å²) in [6.07, 6.45) is 2.57. The highest BCUT2D eigenvalue weighted by Gasteiger charge is 2.19. The fourth-order valence-corrected chi connectivity index (χ4v) is 3.57. The average Bonchev–Trinajstić information content (AvgIpc) is 2.31. The molecule has 0 fully saturated rings. The van der Waals surface area contributed by atoms with Gasteiger partial charge in [-0.2, -0.15) is 0 Å². The maximum Gasteiger partial charge on any atom is 0.240 e. The van der Waals surface area contributed by atoms with Gasteiger partial charge in [0, 0.05) is 16.2 Å². The Morgan fingerprint density at radius 2 is 2.06 bits per heavy atom. The summed E-state index contributed by atoms with van der Waals surface area (Å²) >= 11 is 3.24. The molecule has 0 amide bonds. The number of rotatable bonds is 6. The third-order valence-electron chi connectivity index (χ3n) is 2.73. The fourth-order valence-electron chi connectivity index (χ4n) is 1.66. The number of nitrogens with two attached hydrogens (primary N) is 1. The average molecular weight is 335 g/mol. The molecule has 3 N–H and O–H groups in total. The highest BCUT2D eigenvalue weighted by molar-refractivity contribution is 9.10. The summed E-state index contributed by atoms with van der Waals surface area (Å²) in [5.41, 5.74) is 6.17. The van der Waals surface area contributed by atoms with E-state index >= 15 is 0 Å². The van der Waals surface area contributed by atoms with E-state index in [9.17, 15) is 8.42 Å². The number of nitrogen functional groups attached to an aromatic ring is 1. The normalized spacial score (nSPS) is 13.5. The molecule has 1 aromatic rings. The van der Waals surface area contributed by atoms with E-state index in [1.54, 1.807) is 6.07 Å². The summed E-state index contributed by atoms with van der Waals surface area (Å²) < 4.78 is 27.6.